The number of aromatic nitrogens is 4. The van der Waals surface area contributed by atoms with E-state index in [0.29, 0.717) is 33.5 Å². The highest BCUT2D eigenvalue weighted by atomic mass is 35.5. The SMILES string of the molecule is Cc1c(C(=O)NCCOc2ccc3nnc(-c4ccccc4Cl)n3n2)cccc1[N+](=O)[O-]. The van der Waals surface area contributed by atoms with Crippen LogP contribution >= 0.6 is 11.6 Å². The number of hydrogen-bond acceptors (Lipinski definition) is 7. The van der Waals surface area contributed by atoms with Crippen LogP contribution in [0.4, 0.5) is 5.69 Å². The average molecular weight is 453 g/mol. The summed E-state index contributed by atoms with van der Waals surface area (Å²) >= 11 is 6.26. The number of fused-ring (bicyclic) bond motifs is 1. The quantitative estimate of drug-likeness (QED) is 0.258. The van der Waals surface area contributed by atoms with E-state index in [1.807, 2.05) is 18.2 Å². The van der Waals surface area contributed by atoms with Gasteiger partial charge in [0.15, 0.2) is 11.5 Å². The first-order valence-electron chi connectivity index (χ1n) is 9.58. The Morgan fingerprint density at radius 1 is 1.16 bits per heavy atom. The highest BCUT2D eigenvalue weighted by Crippen LogP contribution is 2.26. The van der Waals surface area contributed by atoms with Crippen molar-refractivity contribution in [1.29, 1.82) is 0 Å². The van der Waals surface area contributed by atoms with Crippen LogP contribution in [0.25, 0.3) is 17.0 Å². The van der Waals surface area contributed by atoms with Crippen LogP contribution in [0.2, 0.25) is 5.02 Å². The van der Waals surface area contributed by atoms with Crippen LogP contribution < -0.4 is 10.1 Å². The van der Waals surface area contributed by atoms with Crippen LogP contribution in [0.3, 0.4) is 0 Å². The molecule has 162 valence electrons. The number of nitrogens with one attached hydrogen (secondary N) is 1. The molecule has 2 heterocycles. The first kappa shape index (κ1) is 21.2. The van der Waals surface area contributed by atoms with Crippen LogP contribution in [0, 0.1) is 17.0 Å². The van der Waals surface area contributed by atoms with Crippen molar-refractivity contribution in [1.82, 2.24) is 25.1 Å². The summed E-state index contributed by atoms with van der Waals surface area (Å²) in [6.07, 6.45) is 0. The maximum atomic E-state index is 12.4. The number of carbonyl (C=O) groups is 1. The molecule has 0 atom stereocenters. The third-order valence-electron chi connectivity index (χ3n) is 4.74. The Balaban J connectivity index is 1.42. The van der Waals surface area contributed by atoms with Gasteiger partial charge in [-0.3, -0.25) is 14.9 Å². The lowest BCUT2D eigenvalue weighted by atomic mass is 10.1. The lowest BCUT2D eigenvalue weighted by molar-refractivity contribution is -0.385. The molecule has 0 aliphatic heterocycles. The molecule has 0 aliphatic carbocycles. The van der Waals surface area contributed by atoms with Gasteiger partial charge in [0.2, 0.25) is 5.88 Å². The van der Waals surface area contributed by atoms with Gasteiger partial charge in [-0.15, -0.1) is 15.3 Å². The van der Waals surface area contributed by atoms with E-state index in [1.54, 1.807) is 25.1 Å². The van der Waals surface area contributed by atoms with E-state index < -0.39 is 10.8 Å². The molecule has 0 bridgehead atoms. The van der Waals surface area contributed by atoms with Crippen LogP contribution in [0.1, 0.15) is 15.9 Å². The van der Waals surface area contributed by atoms with Crippen molar-refractivity contribution in [3.05, 3.63) is 80.9 Å². The number of carbonyl (C=O) groups excluding carboxylic acids is 1. The van der Waals surface area contributed by atoms with Crippen molar-refractivity contribution in [2.24, 2.45) is 0 Å². The van der Waals surface area contributed by atoms with Crippen molar-refractivity contribution in [2.75, 3.05) is 13.2 Å². The molecule has 0 saturated heterocycles. The summed E-state index contributed by atoms with van der Waals surface area (Å²) in [4.78, 5) is 22.9. The largest absolute Gasteiger partial charge is 0.475 e. The summed E-state index contributed by atoms with van der Waals surface area (Å²) in [6, 6.07) is 15.0. The lowest BCUT2D eigenvalue weighted by Gasteiger charge is -2.09. The highest BCUT2D eigenvalue weighted by molar-refractivity contribution is 6.33. The molecule has 0 radical (unpaired) electrons. The molecule has 0 spiro atoms. The second kappa shape index (κ2) is 8.98. The van der Waals surface area contributed by atoms with Crippen LogP contribution in [-0.4, -0.2) is 43.8 Å². The number of benzene rings is 2. The number of amides is 1. The van der Waals surface area contributed by atoms with Crippen molar-refractivity contribution in [2.45, 2.75) is 6.92 Å². The molecule has 10 nitrogen and oxygen atoms in total. The Morgan fingerprint density at radius 2 is 1.97 bits per heavy atom. The molecule has 32 heavy (non-hydrogen) atoms. The van der Waals surface area contributed by atoms with Gasteiger partial charge in [-0.05, 0) is 31.2 Å². The molecule has 0 fully saturated rings. The van der Waals surface area contributed by atoms with Gasteiger partial charge in [-0.2, -0.15) is 4.52 Å². The van der Waals surface area contributed by atoms with E-state index >= 15 is 0 Å². The van der Waals surface area contributed by atoms with E-state index in [-0.39, 0.29) is 24.4 Å². The van der Waals surface area contributed by atoms with Crippen LogP contribution in [0.5, 0.6) is 5.88 Å². The first-order valence-corrected chi connectivity index (χ1v) is 9.96. The molecule has 4 rings (SSSR count). The minimum atomic E-state index is -0.515. The molecule has 1 N–H and O–H groups in total. The maximum Gasteiger partial charge on any atom is 0.273 e. The summed E-state index contributed by atoms with van der Waals surface area (Å²) in [5, 5.41) is 26.9. The van der Waals surface area contributed by atoms with Crippen molar-refractivity contribution < 1.29 is 14.5 Å². The minimum Gasteiger partial charge on any atom is -0.475 e. The number of rotatable bonds is 7. The lowest BCUT2D eigenvalue weighted by Crippen LogP contribution is -2.29. The van der Waals surface area contributed by atoms with E-state index in [1.165, 1.54) is 22.7 Å². The molecule has 0 saturated carbocycles. The second-order valence-corrected chi connectivity index (χ2v) is 7.16. The molecule has 2 aromatic heterocycles. The summed E-state index contributed by atoms with van der Waals surface area (Å²) in [5.41, 5.74) is 1.66. The van der Waals surface area contributed by atoms with Crippen molar-refractivity contribution >= 4 is 28.8 Å². The van der Waals surface area contributed by atoms with E-state index in [9.17, 15) is 14.9 Å². The van der Waals surface area contributed by atoms with Crippen LogP contribution in [-0.2, 0) is 0 Å². The fourth-order valence-electron chi connectivity index (χ4n) is 3.14. The minimum absolute atomic E-state index is 0.102. The summed E-state index contributed by atoms with van der Waals surface area (Å²) in [6.45, 7) is 1.86. The van der Waals surface area contributed by atoms with Crippen molar-refractivity contribution in [3.8, 4) is 17.3 Å². The molecule has 2 aromatic carbocycles. The van der Waals surface area contributed by atoms with Crippen molar-refractivity contribution in [3.63, 3.8) is 0 Å². The monoisotopic (exact) mass is 452 g/mol. The zero-order chi connectivity index (χ0) is 22.7. The Labute approximate surface area is 187 Å². The molecule has 11 heteroatoms. The Morgan fingerprint density at radius 3 is 2.75 bits per heavy atom. The third-order valence-corrected chi connectivity index (χ3v) is 5.07. The Hall–Kier alpha value is -4.05. The average Bonchev–Trinajstić information content (AvgIpc) is 3.20. The van der Waals surface area contributed by atoms with E-state index in [4.69, 9.17) is 16.3 Å². The van der Waals surface area contributed by atoms with E-state index in [0.717, 1.165) is 0 Å². The number of nitro groups is 1. The molecule has 1 amide bonds. The zero-order valence-corrected chi connectivity index (χ0v) is 17.6. The molecule has 0 aliphatic rings. The number of ether oxygens (including phenoxy) is 1. The standard InChI is InChI=1S/C21H17ClN6O4/c1-13-14(6-4-8-17(13)28(30)31)21(29)23-11-12-32-19-10-9-18-24-25-20(27(18)26-19)15-5-2-3-7-16(15)22/h2-10H,11-12H2,1H3,(H,23,29). The predicted octanol–water partition coefficient (Wildman–Crippen LogP) is 3.47. The zero-order valence-electron chi connectivity index (χ0n) is 16.9. The third kappa shape index (κ3) is 4.21. The number of nitro benzene ring substituents is 1. The topological polar surface area (TPSA) is 125 Å². The molecule has 0 unspecified atom stereocenters. The normalized spacial score (nSPS) is 10.8. The summed E-state index contributed by atoms with van der Waals surface area (Å²) in [5.74, 6) is 0.370. The smallest absolute Gasteiger partial charge is 0.273 e. The fourth-order valence-corrected chi connectivity index (χ4v) is 3.36. The van der Waals surface area contributed by atoms with Gasteiger partial charge in [0.05, 0.1) is 16.5 Å². The number of halogens is 1. The molecular weight excluding hydrogens is 436 g/mol. The first-order chi connectivity index (χ1) is 15.5. The summed E-state index contributed by atoms with van der Waals surface area (Å²) < 4.78 is 7.17. The van der Waals surface area contributed by atoms with Crippen LogP contribution in [0.15, 0.2) is 54.6 Å². The molecular formula is C21H17ClN6O4. The molecule has 4 aromatic rings. The maximum absolute atomic E-state index is 12.4. The number of hydrogen-bond donors (Lipinski definition) is 1. The Kier molecular flexibility index (Phi) is 5.95. The van der Waals surface area contributed by atoms with Gasteiger partial charge in [0.1, 0.15) is 6.61 Å². The van der Waals surface area contributed by atoms with Gasteiger partial charge in [-0.25, -0.2) is 0 Å². The van der Waals surface area contributed by atoms with Gasteiger partial charge >= 0.3 is 0 Å². The van der Waals surface area contributed by atoms with Gasteiger partial charge in [-0.1, -0.05) is 29.8 Å². The predicted molar refractivity (Wildman–Crippen MR) is 117 cm³/mol. The highest BCUT2D eigenvalue weighted by Gasteiger charge is 2.18. The second-order valence-electron chi connectivity index (χ2n) is 6.76. The van der Waals surface area contributed by atoms with Gasteiger partial charge < -0.3 is 10.1 Å². The van der Waals surface area contributed by atoms with Gasteiger partial charge in [0, 0.05) is 28.8 Å². The van der Waals surface area contributed by atoms with Gasteiger partial charge in [0.25, 0.3) is 11.6 Å². The summed E-state index contributed by atoms with van der Waals surface area (Å²) in [7, 11) is 0. The Bertz CT molecular complexity index is 1320. The van der Waals surface area contributed by atoms with E-state index in [2.05, 4.69) is 20.6 Å². The number of nitrogens with zero attached hydrogens (tertiary/aromatic N) is 5. The fraction of sp³-hybridized carbons (Fsp3) is 0.143.